The molecule has 1 saturated heterocycles. The second-order valence-corrected chi connectivity index (χ2v) is 6.19. The summed E-state index contributed by atoms with van der Waals surface area (Å²) in [5.74, 6) is 0.581. The maximum atomic E-state index is 6.22. The SMILES string of the molecule is CCOc1c(Cl)cc(CNCC2CCCN2CC)cc1Cl.Cl.Cl. The Balaban J connectivity index is 0.00000242. The molecule has 1 atom stereocenters. The third-order valence-electron chi connectivity index (χ3n) is 3.96. The molecular weight excluding hydrogens is 378 g/mol. The number of rotatable bonds is 7. The van der Waals surface area contributed by atoms with Gasteiger partial charge in [0.15, 0.2) is 5.75 Å². The number of ether oxygens (including phenoxy) is 1. The summed E-state index contributed by atoms with van der Waals surface area (Å²) < 4.78 is 5.45. The summed E-state index contributed by atoms with van der Waals surface area (Å²) in [6.45, 7) is 8.85. The molecule has 0 bridgehead atoms. The Hall–Kier alpha value is 0.1000. The molecule has 1 unspecified atom stereocenters. The van der Waals surface area contributed by atoms with E-state index in [0.29, 0.717) is 28.4 Å². The van der Waals surface area contributed by atoms with Crippen molar-refractivity contribution in [2.45, 2.75) is 39.3 Å². The fourth-order valence-electron chi connectivity index (χ4n) is 2.92. The lowest BCUT2D eigenvalue weighted by atomic mass is 10.2. The Labute approximate surface area is 161 Å². The smallest absolute Gasteiger partial charge is 0.156 e. The standard InChI is InChI=1S/C16H24Cl2N2O.2ClH/c1-3-20-7-5-6-13(20)11-19-10-12-8-14(17)16(21-4-2)15(18)9-12;;/h8-9,13,19H,3-7,10-11H2,1-2H3;2*1H. The first kappa shape index (κ1) is 23.1. The summed E-state index contributed by atoms with van der Waals surface area (Å²) in [7, 11) is 0. The summed E-state index contributed by atoms with van der Waals surface area (Å²) in [4.78, 5) is 2.53. The van der Waals surface area contributed by atoms with E-state index in [0.717, 1.165) is 25.2 Å². The molecule has 0 saturated carbocycles. The van der Waals surface area contributed by atoms with Crippen molar-refractivity contribution in [3.8, 4) is 5.75 Å². The van der Waals surface area contributed by atoms with Crippen LogP contribution in [-0.4, -0.2) is 37.2 Å². The zero-order valence-electron chi connectivity index (χ0n) is 13.6. The summed E-state index contributed by atoms with van der Waals surface area (Å²) in [6.07, 6.45) is 2.59. The van der Waals surface area contributed by atoms with Crippen LogP contribution in [-0.2, 0) is 6.54 Å². The van der Waals surface area contributed by atoms with Crippen LogP contribution < -0.4 is 10.1 Å². The fourth-order valence-corrected chi connectivity index (χ4v) is 3.56. The van der Waals surface area contributed by atoms with E-state index in [2.05, 4.69) is 17.1 Å². The third-order valence-corrected chi connectivity index (χ3v) is 4.52. The van der Waals surface area contributed by atoms with Crippen LogP contribution in [0.4, 0.5) is 0 Å². The molecule has 0 amide bonds. The monoisotopic (exact) mass is 402 g/mol. The molecule has 0 radical (unpaired) electrons. The van der Waals surface area contributed by atoms with Crippen molar-refractivity contribution in [3.63, 3.8) is 0 Å². The average molecular weight is 404 g/mol. The molecule has 1 aromatic rings. The molecule has 1 heterocycles. The van der Waals surface area contributed by atoms with Crippen molar-refractivity contribution in [3.05, 3.63) is 27.7 Å². The van der Waals surface area contributed by atoms with Crippen LogP contribution in [0.5, 0.6) is 5.75 Å². The van der Waals surface area contributed by atoms with Crippen LogP contribution in [0.15, 0.2) is 12.1 Å². The molecule has 2 rings (SSSR count). The number of likely N-dealkylation sites (N-methyl/N-ethyl adjacent to an activating group) is 1. The highest BCUT2D eigenvalue weighted by Crippen LogP contribution is 2.34. The minimum Gasteiger partial charge on any atom is -0.491 e. The molecular formula is C16H26Cl4N2O. The van der Waals surface area contributed by atoms with E-state index in [-0.39, 0.29) is 24.8 Å². The Morgan fingerprint density at radius 1 is 1.22 bits per heavy atom. The van der Waals surface area contributed by atoms with Crippen LogP contribution in [0.3, 0.4) is 0 Å². The van der Waals surface area contributed by atoms with Crippen LogP contribution in [0.1, 0.15) is 32.3 Å². The molecule has 0 spiro atoms. The number of hydrogen-bond donors (Lipinski definition) is 1. The van der Waals surface area contributed by atoms with E-state index >= 15 is 0 Å². The van der Waals surface area contributed by atoms with Gasteiger partial charge in [-0.15, -0.1) is 24.8 Å². The largest absolute Gasteiger partial charge is 0.491 e. The summed E-state index contributed by atoms with van der Waals surface area (Å²) in [5, 5.41) is 4.68. The molecule has 1 N–H and O–H groups in total. The number of hydrogen-bond acceptors (Lipinski definition) is 3. The highest BCUT2D eigenvalue weighted by Gasteiger charge is 2.22. The predicted molar refractivity (Wildman–Crippen MR) is 104 cm³/mol. The van der Waals surface area contributed by atoms with Crippen LogP contribution in [0, 0.1) is 0 Å². The van der Waals surface area contributed by atoms with Crippen molar-refractivity contribution in [1.29, 1.82) is 0 Å². The van der Waals surface area contributed by atoms with Gasteiger partial charge in [-0.25, -0.2) is 0 Å². The topological polar surface area (TPSA) is 24.5 Å². The first-order valence-corrected chi connectivity index (χ1v) is 8.46. The molecule has 1 aliphatic heterocycles. The quantitative estimate of drug-likeness (QED) is 0.706. The zero-order chi connectivity index (χ0) is 15.2. The Bertz CT molecular complexity index is 450. The predicted octanol–water partition coefficient (Wildman–Crippen LogP) is 4.81. The summed E-state index contributed by atoms with van der Waals surface area (Å²) in [6, 6.07) is 4.51. The molecule has 3 nitrogen and oxygen atoms in total. The van der Waals surface area contributed by atoms with Gasteiger partial charge in [-0.05, 0) is 50.6 Å². The van der Waals surface area contributed by atoms with Gasteiger partial charge < -0.3 is 10.1 Å². The fraction of sp³-hybridized carbons (Fsp3) is 0.625. The van der Waals surface area contributed by atoms with E-state index in [1.807, 2.05) is 19.1 Å². The van der Waals surface area contributed by atoms with Gasteiger partial charge in [0.05, 0.1) is 16.7 Å². The Kier molecular flexibility index (Phi) is 11.7. The molecule has 0 aromatic heterocycles. The maximum Gasteiger partial charge on any atom is 0.156 e. The first-order valence-electron chi connectivity index (χ1n) is 7.71. The van der Waals surface area contributed by atoms with Gasteiger partial charge in [0.25, 0.3) is 0 Å². The van der Waals surface area contributed by atoms with Crippen molar-refractivity contribution in [2.75, 3.05) is 26.2 Å². The highest BCUT2D eigenvalue weighted by molar-refractivity contribution is 6.37. The minimum atomic E-state index is 0. The van der Waals surface area contributed by atoms with Crippen molar-refractivity contribution in [1.82, 2.24) is 10.2 Å². The molecule has 7 heteroatoms. The van der Waals surface area contributed by atoms with Gasteiger partial charge in [0.1, 0.15) is 0 Å². The number of nitrogens with zero attached hydrogens (tertiary/aromatic N) is 1. The molecule has 23 heavy (non-hydrogen) atoms. The lowest BCUT2D eigenvalue weighted by Crippen LogP contribution is -2.37. The molecule has 1 fully saturated rings. The number of benzene rings is 1. The van der Waals surface area contributed by atoms with E-state index in [1.165, 1.54) is 19.4 Å². The Morgan fingerprint density at radius 3 is 2.43 bits per heavy atom. The lowest BCUT2D eigenvalue weighted by Gasteiger charge is -2.23. The molecule has 134 valence electrons. The normalized spacial score (nSPS) is 17.5. The third kappa shape index (κ3) is 6.49. The number of nitrogens with one attached hydrogen (secondary N) is 1. The van der Waals surface area contributed by atoms with Crippen molar-refractivity contribution >= 4 is 48.0 Å². The van der Waals surface area contributed by atoms with Gasteiger partial charge in [-0.2, -0.15) is 0 Å². The van der Waals surface area contributed by atoms with Gasteiger partial charge in [0, 0.05) is 19.1 Å². The second kappa shape index (κ2) is 11.6. The van der Waals surface area contributed by atoms with Crippen molar-refractivity contribution < 1.29 is 4.74 Å². The molecule has 1 aromatic carbocycles. The maximum absolute atomic E-state index is 6.22. The zero-order valence-corrected chi connectivity index (χ0v) is 16.8. The first-order chi connectivity index (χ1) is 10.2. The van der Waals surface area contributed by atoms with Crippen LogP contribution in [0.2, 0.25) is 10.0 Å². The van der Waals surface area contributed by atoms with E-state index < -0.39 is 0 Å². The van der Waals surface area contributed by atoms with Gasteiger partial charge in [-0.3, -0.25) is 4.90 Å². The average Bonchev–Trinajstić information content (AvgIpc) is 2.90. The van der Waals surface area contributed by atoms with Gasteiger partial charge >= 0.3 is 0 Å². The summed E-state index contributed by atoms with van der Waals surface area (Å²) in [5.41, 5.74) is 1.09. The van der Waals surface area contributed by atoms with Crippen LogP contribution in [0.25, 0.3) is 0 Å². The lowest BCUT2D eigenvalue weighted by molar-refractivity contribution is 0.260. The highest BCUT2D eigenvalue weighted by atomic mass is 35.5. The number of halogens is 4. The number of likely N-dealkylation sites (tertiary alicyclic amines) is 1. The van der Waals surface area contributed by atoms with Crippen molar-refractivity contribution in [2.24, 2.45) is 0 Å². The second-order valence-electron chi connectivity index (χ2n) is 5.38. The van der Waals surface area contributed by atoms with E-state index in [4.69, 9.17) is 27.9 Å². The Morgan fingerprint density at radius 2 is 1.87 bits per heavy atom. The summed E-state index contributed by atoms with van der Waals surface area (Å²) >= 11 is 12.4. The van der Waals surface area contributed by atoms with E-state index in [1.54, 1.807) is 0 Å². The van der Waals surface area contributed by atoms with Gasteiger partial charge in [-0.1, -0.05) is 30.1 Å². The minimum absolute atomic E-state index is 0. The molecule has 0 aliphatic carbocycles. The molecule has 1 aliphatic rings. The van der Waals surface area contributed by atoms with Crippen LogP contribution >= 0.6 is 48.0 Å². The van der Waals surface area contributed by atoms with Gasteiger partial charge in [0.2, 0.25) is 0 Å². The van der Waals surface area contributed by atoms with E-state index in [9.17, 15) is 0 Å².